The van der Waals surface area contributed by atoms with Gasteiger partial charge in [-0.05, 0) is 31.9 Å². The average Bonchev–Trinajstić information content (AvgIpc) is 2.96. The maximum absolute atomic E-state index is 12.0. The Hall–Kier alpha value is -1.62. The number of hydrogen-bond acceptors (Lipinski definition) is 4. The Bertz CT molecular complexity index is 572. The molecule has 0 saturated heterocycles. The molecule has 2 rings (SSSR count). The van der Waals surface area contributed by atoms with E-state index >= 15 is 0 Å². The van der Waals surface area contributed by atoms with E-state index in [4.69, 9.17) is 4.42 Å². The Balaban J connectivity index is 2.06. The molecular weight excluding hydrogens is 260 g/mol. The molecule has 1 amide bonds. The maximum Gasteiger partial charge on any atom is 0.293 e. The van der Waals surface area contributed by atoms with Gasteiger partial charge in [-0.15, -0.1) is 11.3 Å². The predicted octanol–water partition coefficient (Wildman–Crippen LogP) is 3.81. The molecule has 2 heterocycles. The zero-order chi connectivity index (χ0) is 13.8. The maximum atomic E-state index is 12.0. The second-order valence-corrected chi connectivity index (χ2v) is 5.55. The van der Waals surface area contributed by atoms with Crippen LogP contribution in [0.15, 0.2) is 16.5 Å². The van der Waals surface area contributed by atoms with Gasteiger partial charge in [0, 0.05) is 11.3 Å². The SMILES string of the molecule is CCCc1ccc(C(=O)Nc2nc(CC)c(C)s2)o1. The van der Waals surface area contributed by atoms with Crippen LogP contribution >= 0.6 is 11.3 Å². The van der Waals surface area contributed by atoms with Crippen molar-refractivity contribution >= 4 is 22.4 Å². The summed E-state index contributed by atoms with van der Waals surface area (Å²) in [6.07, 6.45) is 2.73. The lowest BCUT2D eigenvalue weighted by Gasteiger charge is -1.98. The van der Waals surface area contributed by atoms with E-state index in [1.165, 1.54) is 11.3 Å². The van der Waals surface area contributed by atoms with Gasteiger partial charge < -0.3 is 4.42 Å². The molecule has 0 aliphatic rings. The van der Waals surface area contributed by atoms with Crippen LogP contribution in [-0.2, 0) is 12.8 Å². The number of carbonyl (C=O) groups is 1. The molecule has 2 aromatic rings. The number of aromatic nitrogens is 1. The first-order valence-corrected chi connectivity index (χ1v) is 7.32. The van der Waals surface area contributed by atoms with Crippen molar-refractivity contribution in [3.63, 3.8) is 0 Å². The van der Waals surface area contributed by atoms with Crippen molar-refractivity contribution in [2.45, 2.75) is 40.0 Å². The molecule has 0 saturated carbocycles. The third-order valence-corrected chi connectivity index (χ3v) is 3.76. The van der Waals surface area contributed by atoms with Crippen LogP contribution in [0.3, 0.4) is 0 Å². The highest BCUT2D eigenvalue weighted by Gasteiger charge is 2.14. The molecule has 0 bridgehead atoms. The molecule has 0 radical (unpaired) electrons. The Labute approximate surface area is 116 Å². The number of hydrogen-bond donors (Lipinski definition) is 1. The number of nitrogens with zero attached hydrogens (tertiary/aromatic N) is 1. The van der Waals surface area contributed by atoms with Gasteiger partial charge in [0.2, 0.25) is 0 Å². The van der Waals surface area contributed by atoms with Gasteiger partial charge in [0.25, 0.3) is 5.91 Å². The number of amides is 1. The van der Waals surface area contributed by atoms with Crippen molar-refractivity contribution in [3.8, 4) is 0 Å². The summed E-state index contributed by atoms with van der Waals surface area (Å²) in [6.45, 7) is 6.14. The van der Waals surface area contributed by atoms with Crippen molar-refractivity contribution < 1.29 is 9.21 Å². The van der Waals surface area contributed by atoms with E-state index in [-0.39, 0.29) is 5.91 Å². The van der Waals surface area contributed by atoms with Crippen molar-refractivity contribution in [1.82, 2.24) is 4.98 Å². The van der Waals surface area contributed by atoms with Crippen LogP contribution in [0.25, 0.3) is 0 Å². The lowest BCUT2D eigenvalue weighted by molar-refractivity contribution is 0.0995. The second-order valence-electron chi connectivity index (χ2n) is 4.35. The van der Waals surface area contributed by atoms with Crippen molar-refractivity contribution in [1.29, 1.82) is 0 Å². The summed E-state index contributed by atoms with van der Waals surface area (Å²) in [5.74, 6) is 0.949. The molecule has 102 valence electrons. The van der Waals surface area contributed by atoms with Gasteiger partial charge in [-0.2, -0.15) is 0 Å². The molecule has 1 N–H and O–H groups in total. The normalized spacial score (nSPS) is 10.7. The fourth-order valence-corrected chi connectivity index (χ4v) is 2.75. The number of anilines is 1. The molecule has 5 heteroatoms. The molecule has 0 atom stereocenters. The lowest BCUT2D eigenvalue weighted by atomic mass is 10.3. The minimum absolute atomic E-state index is 0.237. The summed E-state index contributed by atoms with van der Waals surface area (Å²) in [4.78, 5) is 17.5. The molecule has 19 heavy (non-hydrogen) atoms. The predicted molar refractivity (Wildman–Crippen MR) is 76.9 cm³/mol. The number of carbonyl (C=O) groups excluding carboxylic acids is 1. The van der Waals surface area contributed by atoms with Crippen molar-refractivity contribution in [3.05, 3.63) is 34.2 Å². The summed E-state index contributed by atoms with van der Waals surface area (Å²) >= 11 is 1.49. The molecule has 0 unspecified atom stereocenters. The van der Waals surface area contributed by atoms with E-state index in [1.807, 2.05) is 13.0 Å². The summed E-state index contributed by atoms with van der Waals surface area (Å²) in [7, 11) is 0. The van der Waals surface area contributed by atoms with Gasteiger partial charge in [0.15, 0.2) is 10.9 Å². The number of rotatable bonds is 5. The number of thiazole rings is 1. The molecule has 0 aliphatic heterocycles. The van der Waals surface area contributed by atoms with E-state index in [2.05, 4.69) is 24.1 Å². The monoisotopic (exact) mass is 278 g/mol. The third-order valence-electron chi connectivity index (χ3n) is 2.83. The van der Waals surface area contributed by atoms with E-state index in [0.29, 0.717) is 10.9 Å². The lowest BCUT2D eigenvalue weighted by Crippen LogP contribution is -2.10. The van der Waals surface area contributed by atoms with Gasteiger partial charge in [-0.3, -0.25) is 10.1 Å². The largest absolute Gasteiger partial charge is 0.456 e. The molecule has 0 fully saturated rings. The van der Waals surface area contributed by atoms with Crippen LogP contribution in [-0.4, -0.2) is 10.9 Å². The summed E-state index contributed by atoms with van der Waals surface area (Å²) < 4.78 is 5.49. The van der Waals surface area contributed by atoms with Gasteiger partial charge in [0.1, 0.15) is 5.76 Å². The summed E-state index contributed by atoms with van der Waals surface area (Å²) in [6, 6.07) is 3.56. The topological polar surface area (TPSA) is 55.1 Å². The highest BCUT2D eigenvalue weighted by Crippen LogP contribution is 2.23. The van der Waals surface area contributed by atoms with Gasteiger partial charge >= 0.3 is 0 Å². The first-order valence-electron chi connectivity index (χ1n) is 6.50. The van der Waals surface area contributed by atoms with Crippen LogP contribution < -0.4 is 5.32 Å². The third kappa shape index (κ3) is 3.23. The van der Waals surface area contributed by atoms with E-state index in [9.17, 15) is 4.79 Å². The Morgan fingerprint density at radius 1 is 1.42 bits per heavy atom. The minimum atomic E-state index is -0.237. The zero-order valence-electron chi connectivity index (χ0n) is 11.4. The van der Waals surface area contributed by atoms with E-state index < -0.39 is 0 Å². The summed E-state index contributed by atoms with van der Waals surface area (Å²) in [5, 5.41) is 3.42. The summed E-state index contributed by atoms with van der Waals surface area (Å²) in [5.41, 5.74) is 1.03. The Morgan fingerprint density at radius 2 is 2.21 bits per heavy atom. The van der Waals surface area contributed by atoms with Crippen LogP contribution in [0.5, 0.6) is 0 Å². The molecule has 0 spiro atoms. The van der Waals surface area contributed by atoms with Crippen LogP contribution in [0.1, 0.15) is 47.2 Å². The van der Waals surface area contributed by atoms with Crippen LogP contribution in [0.2, 0.25) is 0 Å². The van der Waals surface area contributed by atoms with Gasteiger partial charge in [-0.1, -0.05) is 13.8 Å². The smallest absolute Gasteiger partial charge is 0.293 e. The minimum Gasteiger partial charge on any atom is -0.456 e. The Morgan fingerprint density at radius 3 is 2.84 bits per heavy atom. The standard InChI is InChI=1S/C14H18N2O2S/c1-4-6-10-7-8-12(18-10)13(17)16-14-15-11(5-2)9(3)19-14/h7-8H,4-6H2,1-3H3,(H,15,16,17). The van der Waals surface area contributed by atoms with E-state index in [0.717, 1.165) is 35.6 Å². The number of furan rings is 1. The molecule has 0 aromatic carbocycles. The molecule has 0 aliphatic carbocycles. The molecular formula is C14H18N2O2S. The Kier molecular flexibility index (Phi) is 4.37. The zero-order valence-corrected chi connectivity index (χ0v) is 12.3. The number of nitrogens with one attached hydrogen (secondary N) is 1. The quantitative estimate of drug-likeness (QED) is 0.904. The van der Waals surface area contributed by atoms with E-state index in [1.54, 1.807) is 6.07 Å². The van der Waals surface area contributed by atoms with Crippen LogP contribution in [0, 0.1) is 6.92 Å². The highest BCUT2D eigenvalue weighted by molar-refractivity contribution is 7.15. The first-order chi connectivity index (χ1) is 9.13. The fraction of sp³-hybridized carbons (Fsp3) is 0.429. The number of aryl methyl sites for hydroxylation is 3. The molecule has 4 nitrogen and oxygen atoms in total. The van der Waals surface area contributed by atoms with Crippen molar-refractivity contribution in [2.24, 2.45) is 0 Å². The first kappa shape index (κ1) is 13.8. The van der Waals surface area contributed by atoms with Gasteiger partial charge in [-0.25, -0.2) is 4.98 Å². The highest BCUT2D eigenvalue weighted by atomic mass is 32.1. The average molecular weight is 278 g/mol. The van der Waals surface area contributed by atoms with Gasteiger partial charge in [0.05, 0.1) is 5.69 Å². The second kappa shape index (κ2) is 6.02. The van der Waals surface area contributed by atoms with Crippen LogP contribution in [0.4, 0.5) is 5.13 Å². The van der Waals surface area contributed by atoms with Crippen molar-refractivity contribution in [2.75, 3.05) is 5.32 Å². The molecule has 2 aromatic heterocycles. The fourth-order valence-electron chi connectivity index (χ4n) is 1.85.